The summed E-state index contributed by atoms with van der Waals surface area (Å²) in [6.07, 6.45) is 1.49. The summed E-state index contributed by atoms with van der Waals surface area (Å²) in [5.41, 5.74) is 2.86. The fourth-order valence-corrected chi connectivity index (χ4v) is 2.37. The number of aromatic nitrogens is 2. The second kappa shape index (κ2) is 6.75. The van der Waals surface area contributed by atoms with E-state index in [2.05, 4.69) is 26.1 Å². The molecule has 0 spiro atoms. The number of hydrogen-bond acceptors (Lipinski definition) is 5. The Morgan fingerprint density at radius 1 is 1.26 bits per heavy atom. The van der Waals surface area contributed by atoms with Gasteiger partial charge in [0.05, 0.1) is 5.56 Å². The minimum atomic E-state index is -0.446. The van der Waals surface area contributed by atoms with Crippen molar-refractivity contribution in [3.63, 3.8) is 0 Å². The lowest BCUT2D eigenvalue weighted by Gasteiger charge is -2.02. The maximum Gasteiger partial charge on any atom is 0.340 e. The molecular weight excluding hydrogens is 360 g/mol. The van der Waals surface area contributed by atoms with Crippen LogP contribution in [0.25, 0.3) is 11.3 Å². The number of carbonyl (C=O) groups is 1. The standard InChI is InChI=1S/C17H13BrN2O3/c1-11-5-6-13(9-19-11)17(21)22-10-15-8-16(20-23-15)12-3-2-4-14(18)7-12/h2-9H,10H2,1H3. The number of rotatable bonds is 4. The summed E-state index contributed by atoms with van der Waals surface area (Å²) in [6.45, 7) is 1.88. The van der Waals surface area contributed by atoms with E-state index < -0.39 is 5.97 Å². The highest BCUT2D eigenvalue weighted by atomic mass is 79.9. The van der Waals surface area contributed by atoms with Crippen molar-refractivity contribution < 1.29 is 14.1 Å². The topological polar surface area (TPSA) is 65.2 Å². The summed E-state index contributed by atoms with van der Waals surface area (Å²) in [6, 6.07) is 12.9. The van der Waals surface area contributed by atoms with Crippen LogP contribution in [-0.2, 0) is 11.3 Å². The van der Waals surface area contributed by atoms with Gasteiger partial charge in [0.1, 0.15) is 5.69 Å². The number of nitrogens with zero attached hydrogens (tertiary/aromatic N) is 2. The van der Waals surface area contributed by atoms with E-state index in [4.69, 9.17) is 9.26 Å². The fourth-order valence-electron chi connectivity index (χ4n) is 1.97. The minimum Gasteiger partial charge on any atom is -0.454 e. The molecule has 0 radical (unpaired) electrons. The fraction of sp³-hybridized carbons (Fsp3) is 0.118. The predicted molar refractivity (Wildman–Crippen MR) is 87.7 cm³/mol. The van der Waals surface area contributed by atoms with Crippen molar-refractivity contribution in [2.45, 2.75) is 13.5 Å². The number of esters is 1. The van der Waals surface area contributed by atoms with Crippen molar-refractivity contribution in [3.05, 3.63) is 70.2 Å². The van der Waals surface area contributed by atoms with E-state index in [1.807, 2.05) is 31.2 Å². The van der Waals surface area contributed by atoms with E-state index in [0.29, 0.717) is 17.0 Å². The summed E-state index contributed by atoms with van der Waals surface area (Å²) in [4.78, 5) is 16.0. The van der Waals surface area contributed by atoms with Crippen molar-refractivity contribution in [3.8, 4) is 11.3 Å². The highest BCUT2D eigenvalue weighted by molar-refractivity contribution is 9.10. The van der Waals surface area contributed by atoms with E-state index in [0.717, 1.165) is 15.7 Å². The Hall–Kier alpha value is -2.47. The maximum absolute atomic E-state index is 11.9. The van der Waals surface area contributed by atoms with Gasteiger partial charge in [0, 0.05) is 28.0 Å². The molecule has 0 saturated carbocycles. The zero-order valence-corrected chi connectivity index (χ0v) is 13.9. The molecular formula is C17H13BrN2O3. The number of pyridine rings is 1. The number of aryl methyl sites for hydroxylation is 1. The van der Waals surface area contributed by atoms with Crippen molar-refractivity contribution in [2.75, 3.05) is 0 Å². The summed E-state index contributed by atoms with van der Waals surface area (Å²) in [7, 11) is 0. The van der Waals surface area contributed by atoms with Gasteiger partial charge in [-0.2, -0.15) is 0 Å². The van der Waals surface area contributed by atoms with Crippen LogP contribution in [0.1, 0.15) is 21.8 Å². The van der Waals surface area contributed by atoms with Crippen molar-refractivity contribution in [1.29, 1.82) is 0 Å². The smallest absolute Gasteiger partial charge is 0.340 e. The average molecular weight is 373 g/mol. The van der Waals surface area contributed by atoms with Crippen LogP contribution in [0.3, 0.4) is 0 Å². The van der Waals surface area contributed by atoms with Gasteiger partial charge in [0.15, 0.2) is 12.4 Å². The quantitative estimate of drug-likeness (QED) is 0.643. The molecule has 5 nitrogen and oxygen atoms in total. The van der Waals surface area contributed by atoms with Crippen LogP contribution >= 0.6 is 15.9 Å². The Balaban J connectivity index is 1.65. The third kappa shape index (κ3) is 3.84. The van der Waals surface area contributed by atoms with Gasteiger partial charge >= 0.3 is 5.97 Å². The van der Waals surface area contributed by atoms with E-state index in [1.165, 1.54) is 6.20 Å². The second-order valence-corrected chi connectivity index (χ2v) is 5.87. The van der Waals surface area contributed by atoms with Gasteiger partial charge in [-0.15, -0.1) is 0 Å². The van der Waals surface area contributed by atoms with Crippen LogP contribution in [-0.4, -0.2) is 16.1 Å². The molecule has 0 aliphatic heterocycles. The first-order valence-electron chi connectivity index (χ1n) is 6.93. The molecule has 3 rings (SSSR count). The van der Waals surface area contributed by atoms with Gasteiger partial charge in [-0.05, 0) is 31.2 Å². The third-order valence-corrected chi connectivity index (χ3v) is 3.67. The molecule has 3 aromatic rings. The molecule has 0 N–H and O–H groups in total. The molecule has 0 atom stereocenters. The molecule has 0 amide bonds. The summed E-state index contributed by atoms with van der Waals surface area (Å²) in [5, 5.41) is 3.99. The molecule has 2 heterocycles. The Morgan fingerprint density at radius 2 is 2.13 bits per heavy atom. The summed E-state index contributed by atoms with van der Waals surface area (Å²) in [5.74, 6) is 0.0336. The largest absolute Gasteiger partial charge is 0.454 e. The van der Waals surface area contributed by atoms with Gasteiger partial charge in [0.25, 0.3) is 0 Å². The van der Waals surface area contributed by atoms with Gasteiger partial charge < -0.3 is 9.26 Å². The number of ether oxygens (including phenoxy) is 1. The lowest BCUT2D eigenvalue weighted by Crippen LogP contribution is -2.05. The average Bonchev–Trinajstić information content (AvgIpc) is 3.02. The van der Waals surface area contributed by atoms with Crippen molar-refractivity contribution >= 4 is 21.9 Å². The SMILES string of the molecule is Cc1ccc(C(=O)OCc2cc(-c3cccc(Br)c3)no2)cn1. The zero-order valence-electron chi connectivity index (χ0n) is 12.3. The highest BCUT2D eigenvalue weighted by Crippen LogP contribution is 2.23. The van der Waals surface area contributed by atoms with Crippen LogP contribution in [0, 0.1) is 6.92 Å². The Kier molecular flexibility index (Phi) is 4.52. The number of benzene rings is 1. The molecule has 1 aromatic carbocycles. The monoisotopic (exact) mass is 372 g/mol. The highest BCUT2D eigenvalue weighted by Gasteiger charge is 2.11. The van der Waals surface area contributed by atoms with E-state index >= 15 is 0 Å². The van der Waals surface area contributed by atoms with Crippen LogP contribution < -0.4 is 0 Å². The van der Waals surface area contributed by atoms with E-state index in [1.54, 1.807) is 18.2 Å². The molecule has 0 saturated heterocycles. The molecule has 2 aromatic heterocycles. The number of hydrogen-bond donors (Lipinski definition) is 0. The van der Waals surface area contributed by atoms with E-state index in [9.17, 15) is 4.79 Å². The molecule has 0 unspecified atom stereocenters. The Bertz CT molecular complexity index is 828. The van der Waals surface area contributed by atoms with Crippen LogP contribution in [0.5, 0.6) is 0 Å². The molecule has 23 heavy (non-hydrogen) atoms. The predicted octanol–water partition coefficient (Wildman–Crippen LogP) is 4.16. The third-order valence-electron chi connectivity index (χ3n) is 3.17. The van der Waals surface area contributed by atoms with Gasteiger partial charge in [-0.1, -0.05) is 33.2 Å². The molecule has 0 aliphatic rings. The van der Waals surface area contributed by atoms with E-state index in [-0.39, 0.29) is 6.61 Å². The van der Waals surface area contributed by atoms with Crippen LogP contribution in [0.15, 0.2) is 57.7 Å². The summed E-state index contributed by atoms with van der Waals surface area (Å²) >= 11 is 3.41. The Morgan fingerprint density at radius 3 is 2.87 bits per heavy atom. The van der Waals surface area contributed by atoms with Crippen molar-refractivity contribution in [2.24, 2.45) is 0 Å². The van der Waals surface area contributed by atoms with Crippen LogP contribution in [0.4, 0.5) is 0 Å². The first-order chi connectivity index (χ1) is 11.1. The lowest BCUT2D eigenvalue weighted by atomic mass is 10.1. The van der Waals surface area contributed by atoms with Crippen molar-refractivity contribution in [1.82, 2.24) is 10.1 Å². The second-order valence-electron chi connectivity index (χ2n) is 4.95. The maximum atomic E-state index is 11.9. The summed E-state index contributed by atoms with van der Waals surface area (Å²) < 4.78 is 11.4. The van der Waals surface area contributed by atoms with Gasteiger partial charge in [0.2, 0.25) is 0 Å². The Labute approximate surface area is 141 Å². The number of carbonyl (C=O) groups excluding carboxylic acids is 1. The zero-order chi connectivity index (χ0) is 16.2. The molecule has 116 valence electrons. The first-order valence-corrected chi connectivity index (χ1v) is 7.72. The molecule has 6 heteroatoms. The van der Waals surface area contributed by atoms with Gasteiger partial charge in [-0.25, -0.2) is 4.79 Å². The molecule has 0 bridgehead atoms. The normalized spacial score (nSPS) is 10.5. The lowest BCUT2D eigenvalue weighted by molar-refractivity contribution is 0.0437. The molecule has 0 fully saturated rings. The minimum absolute atomic E-state index is 0.0215. The van der Waals surface area contributed by atoms with Gasteiger partial charge in [-0.3, -0.25) is 4.98 Å². The molecule has 0 aliphatic carbocycles. The number of halogens is 1. The first kappa shape index (κ1) is 15.4. The van der Waals surface area contributed by atoms with Crippen LogP contribution in [0.2, 0.25) is 0 Å².